The highest BCUT2D eigenvalue weighted by Crippen LogP contribution is 2.12. The van der Waals surface area contributed by atoms with Crippen molar-refractivity contribution in [3.63, 3.8) is 0 Å². The van der Waals surface area contributed by atoms with E-state index in [9.17, 15) is 0 Å². The van der Waals surface area contributed by atoms with Crippen molar-refractivity contribution >= 4 is 41.2 Å². The second-order valence-electron chi connectivity index (χ2n) is 2.71. The predicted molar refractivity (Wildman–Crippen MR) is 58.7 cm³/mol. The third-order valence-electron chi connectivity index (χ3n) is 1.75. The number of nitrogens with two attached hydrogens (primary N) is 1. The van der Waals surface area contributed by atoms with Crippen molar-refractivity contribution in [3.05, 3.63) is 27.5 Å². The Labute approximate surface area is 84.6 Å². The van der Waals surface area contributed by atoms with E-state index in [2.05, 4.69) is 9.97 Å². The molecule has 0 amide bonds. The summed E-state index contributed by atoms with van der Waals surface area (Å²) in [6, 6.07) is 5.49. The normalized spacial score (nSPS) is 10.5. The highest BCUT2D eigenvalue weighted by molar-refractivity contribution is 7.73. The van der Waals surface area contributed by atoms with E-state index in [1.165, 1.54) is 0 Å². The molecule has 1 heterocycles. The molecule has 0 aliphatic heterocycles. The number of aromatic nitrogens is 2. The van der Waals surface area contributed by atoms with Crippen LogP contribution in [0.3, 0.4) is 0 Å². The van der Waals surface area contributed by atoms with Gasteiger partial charge in [-0.15, -0.1) is 0 Å². The first-order valence-corrected chi connectivity index (χ1v) is 4.50. The summed E-state index contributed by atoms with van der Waals surface area (Å²) in [6.45, 7) is 0. The van der Waals surface area contributed by atoms with E-state index in [1.807, 2.05) is 18.2 Å². The van der Waals surface area contributed by atoms with Gasteiger partial charge < -0.3 is 15.7 Å². The van der Waals surface area contributed by atoms with Crippen LogP contribution in [0.2, 0.25) is 0 Å². The van der Waals surface area contributed by atoms with Crippen LogP contribution in [0.1, 0.15) is 0 Å². The Balaban J connectivity index is 2.97. The van der Waals surface area contributed by atoms with Crippen LogP contribution in [0.15, 0.2) is 18.2 Å². The molecule has 0 saturated carbocycles. The zero-order chi connectivity index (χ0) is 9.42. The summed E-state index contributed by atoms with van der Waals surface area (Å²) in [5.41, 5.74) is 8.10. The van der Waals surface area contributed by atoms with Gasteiger partial charge in [0.15, 0.2) is 0 Å². The molecule has 2 aromatic rings. The van der Waals surface area contributed by atoms with Crippen molar-refractivity contribution in [1.82, 2.24) is 9.97 Å². The van der Waals surface area contributed by atoms with Crippen LogP contribution < -0.4 is 5.73 Å². The van der Waals surface area contributed by atoms with Gasteiger partial charge in [0.05, 0.1) is 11.0 Å². The lowest BCUT2D eigenvalue weighted by atomic mass is 10.3. The Morgan fingerprint density at radius 1 is 1.00 bits per heavy atom. The minimum absolute atomic E-state index is 0.535. The first-order chi connectivity index (χ1) is 6.16. The maximum atomic E-state index is 5.62. The number of fused-ring (bicyclic) bond motifs is 1. The molecule has 13 heavy (non-hydrogen) atoms. The maximum Gasteiger partial charge on any atom is 0.138 e. The van der Waals surface area contributed by atoms with Gasteiger partial charge in [-0.3, -0.25) is 0 Å². The summed E-state index contributed by atoms with van der Waals surface area (Å²) in [6.07, 6.45) is 0. The Kier molecular flexibility index (Phi) is 1.90. The maximum absolute atomic E-state index is 5.62. The number of nitrogen functional groups attached to an aromatic ring is 1. The number of benzene rings is 1. The summed E-state index contributed by atoms with van der Waals surface area (Å²) < 4.78 is 1.08. The van der Waals surface area contributed by atoms with Crippen LogP contribution in [0.25, 0.3) is 11.0 Å². The molecule has 0 fully saturated rings. The summed E-state index contributed by atoms with van der Waals surface area (Å²) in [4.78, 5) is 6.01. The Morgan fingerprint density at radius 3 is 2.31 bits per heavy atom. The molecular formula is C8H7N3S2. The van der Waals surface area contributed by atoms with Gasteiger partial charge in [-0.2, -0.15) is 0 Å². The fourth-order valence-electron chi connectivity index (χ4n) is 1.13. The molecule has 2 rings (SSSR count). The summed E-state index contributed by atoms with van der Waals surface area (Å²) in [7, 11) is 0. The molecule has 3 nitrogen and oxygen atoms in total. The van der Waals surface area contributed by atoms with Gasteiger partial charge in [-0.25, -0.2) is 0 Å². The second-order valence-corrected chi connectivity index (χ2v) is 3.53. The minimum atomic E-state index is 0.535. The number of hydrogen-bond donors (Lipinski definition) is 3. The van der Waals surface area contributed by atoms with Crippen molar-refractivity contribution < 1.29 is 0 Å². The first-order valence-electron chi connectivity index (χ1n) is 3.68. The highest BCUT2D eigenvalue weighted by Gasteiger charge is 1.94. The van der Waals surface area contributed by atoms with E-state index in [4.69, 9.17) is 30.2 Å². The van der Waals surface area contributed by atoms with Crippen LogP contribution in [-0.2, 0) is 0 Å². The number of nitrogens with one attached hydrogen (secondary N) is 2. The fourth-order valence-corrected chi connectivity index (χ4v) is 1.45. The highest BCUT2D eigenvalue weighted by atomic mass is 32.1. The van der Waals surface area contributed by atoms with Crippen LogP contribution in [-0.4, -0.2) is 9.97 Å². The Bertz CT molecular complexity index is 567. The second kappa shape index (κ2) is 2.93. The molecule has 0 spiro atoms. The third kappa shape index (κ3) is 1.48. The number of rotatable bonds is 0. The van der Waals surface area contributed by atoms with Crippen LogP contribution in [0.4, 0.5) is 5.69 Å². The smallest absolute Gasteiger partial charge is 0.138 e. The van der Waals surface area contributed by atoms with Gasteiger partial charge >= 0.3 is 0 Å². The quantitative estimate of drug-likeness (QED) is 0.461. The molecule has 4 N–H and O–H groups in total. The molecule has 0 radical (unpaired) electrons. The molecule has 66 valence electrons. The van der Waals surface area contributed by atoms with E-state index in [1.54, 1.807) is 0 Å². The molecule has 0 unspecified atom stereocenters. The summed E-state index contributed by atoms with van der Waals surface area (Å²) in [5, 5.41) is 0. The number of anilines is 1. The lowest BCUT2D eigenvalue weighted by molar-refractivity contribution is 1.24. The molecule has 0 bridgehead atoms. The zero-order valence-corrected chi connectivity index (χ0v) is 8.26. The van der Waals surface area contributed by atoms with Crippen molar-refractivity contribution in [1.29, 1.82) is 0 Å². The molecular weight excluding hydrogens is 202 g/mol. The molecule has 5 heteroatoms. The van der Waals surface area contributed by atoms with Crippen molar-refractivity contribution in [3.8, 4) is 0 Å². The van der Waals surface area contributed by atoms with Gasteiger partial charge in [-0.05, 0) is 18.2 Å². The first kappa shape index (κ1) is 8.40. The average Bonchev–Trinajstić information content (AvgIpc) is 2.08. The molecule has 0 atom stereocenters. The monoisotopic (exact) mass is 209 g/mol. The van der Waals surface area contributed by atoms with Gasteiger partial charge in [0, 0.05) is 5.69 Å². The van der Waals surface area contributed by atoms with Crippen LogP contribution in [0.5, 0.6) is 0 Å². The summed E-state index contributed by atoms with van der Waals surface area (Å²) >= 11 is 9.98. The van der Waals surface area contributed by atoms with Gasteiger partial charge in [0.1, 0.15) is 9.28 Å². The standard InChI is InChI=1S/C8H7N3S2/c9-4-1-2-5-6(3-4)11-8(13)7(12)10-5/h1-3H,9H2,(H,10,12)(H,11,13). The van der Waals surface area contributed by atoms with E-state index < -0.39 is 0 Å². The fraction of sp³-hybridized carbons (Fsp3) is 0. The van der Waals surface area contributed by atoms with E-state index in [-0.39, 0.29) is 0 Å². The zero-order valence-electron chi connectivity index (χ0n) is 6.63. The Morgan fingerprint density at radius 2 is 1.62 bits per heavy atom. The van der Waals surface area contributed by atoms with Gasteiger partial charge in [0.25, 0.3) is 0 Å². The molecule has 1 aromatic heterocycles. The number of H-pyrrole nitrogens is 2. The molecule has 0 aliphatic carbocycles. The number of hydrogen-bond acceptors (Lipinski definition) is 3. The topological polar surface area (TPSA) is 57.6 Å². The van der Waals surface area contributed by atoms with Crippen molar-refractivity contribution in [2.45, 2.75) is 0 Å². The van der Waals surface area contributed by atoms with E-state index >= 15 is 0 Å². The largest absolute Gasteiger partial charge is 0.399 e. The van der Waals surface area contributed by atoms with Crippen molar-refractivity contribution in [2.75, 3.05) is 5.73 Å². The van der Waals surface area contributed by atoms with Gasteiger partial charge in [-0.1, -0.05) is 24.4 Å². The minimum Gasteiger partial charge on any atom is -0.399 e. The van der Waals surface area contributed by atoms with E-state index in [0.717, 1.165) is 11.0 Å². The molecule has 1 aromatic carbocycles. The number of aromatic amines is 2. The third-order valence-corrected chi connectivity index (χ3v) is 2.49. The average molecular weight is 209 g/mol. The van der Waals surface area contributed by atoms with Crippen LogP contribution >= 0.6 is 24.4 Å². The molecule has 0 saturated heterocycles. The van der Waals surface area contributed by atoms with E-state index in [0.29, 0.717) is 15.0 Å². The Hall–Kier alpha value is -1.20. The van der Waals surface area contributed by atoms with Crippen molar-refractivity contribution in [2.24, 2.45) is 0 Å². The molecule has 0 aliphatic rings. The van der Waals surface area contributed by atoms with Crippen LogP contribution in [0, 0.1) is 9.28 Å². The lowest BCUT2D eigenvalue weighted by Crippen LogP contribution is -1.89. The SMILES string of the molecule is Nc1ccc2[nH]c(=S)c(=S)[nH]c2c1. The van der Waals surface area contributed by atoms with Gasteiger partial charge in [0.2, 0.25) is 0 Å². The predicted octanol–water partition coefficient (Wildman–Crippen LogP) is 2.54. The lowest BCUT2D eigenvalue weighted by Gasteiger charge is -1.99. The summed E-state index contributed by atoms with van der Waals surface area (Å²) in [5.74, 6) is 0.